The van der Waals surface area contributed by atoms with Gasteiger partial charge in [0.1, 0.15) is 5.60 Å². The van der Waals surface area contributed by atoms with Gasteiger partial charge in [-0.25, -0.2) is 9.78 Å². The second kappa shape index (κ2) is 4.22. The molecule has 0 unspecified atom stereocenters. The summed E-state index contributed by atoms with van der Waals surface area (Å²) in [5.74, 6) is 0.662. The molecule has 3 nitrogen and oxygen atoms in total. The van der Waals surface area contributed by atoms with Crippen LogP contribution in [0, 0.1) is 11.3 Å². The Bertz CT molecular complexity index is 287. The SMILES string of the molecule is C[C@@]12CCO[C@@H]1OO[C@@](C)(C1CCCCC1)C2. The van der Waals surface area contributed by atoms with Gasteiger partial charge in [0.2, 0.25) is 0 Å². The molecule has 3 rings (SSSR count). The molecule has 1 saturated carbocycles. The number of fused-ring (bicyclic) bond motifs is 1. The lowest BCUT2D eigenvalue weighted by atomic mass is 9.68. The molecule has 0 N–H and O–H groups in total. The number of hydrogen-bond donors (Lipinski definition) is 0. The van der Waals surface area contributed by atoms with Crippen LogP contribution in [0.1, 0.15) is 58.8 Å². The summed E-state index contributed by atoms with van der Waals surface area (Å²) in [7, 11) is 0. The summed E-state index contributed by atoms with van der Waals surface area (Å²) in [5.41, 5.74) is 0.0593. The van der Waals surface area contributed by atoms with Crippen molar-refractivity contribution in [1.29, 1.82) is 0 Å². The molecule has 2 heterocycles. The molecular formula is C14H24O3. The summed E-state index contributed by atoms with van der Waals surface area (Å²) >= 11 is 0. The van der Waals surface area contributed by atoms with Crippen LogP contribution in [0.2, 0.25) is 0 Å². The van der Waals surface area contributed by atoms with Crippen LogP contribution in [0.3, 0.4) is 0 Å². The first kappa shape index (κ1) is 11.9. The maximum Gasteiger partial charge on any atom is 0.196 e. The second-order valence-corrected chi connectivity index (χ2v) is 6.61. The zero-order valence-corrected chi connectivity index (χ0v) is 11.0. The Morgan fingerprint density at radius 3 is 2.59 bits per heavy atom. The first-order valence-electron chi connectivity index (χ1n) is 7.09. The highest BCUT2D eigenvalue weighted by molar-refractivity contribution is 4.96. The summed E-state index contributed by atoms with van der Waals surface area (Å²) < 4.78 is 5.59. The molecule has 2 aliphatic heterocycles. The Morgan fingerprint density at radius 1 is 1.06 bits per heavy atom. The molecule has 1 aliphatic carbocycles. The van der Waals surface area contributed by atoms with E-state index in [1.54, 1.807) is 0 Å². The predicted molar refractivity (Wildman–Crippen MR) is 64.2 cm³/mol. The molecule has 0 aromatic rings. The zero-order chi connectivity index (χ0) is 11.9. The van der Waals surface area contributed by atoms with Gasteiger partial charge in [-0.1, -0.05) is 26.2 Å². The van der Waals surface area contributed by atoms with Crippen molar-refractivity contribution >= 4 is 0 Å². The summed E-state index contributed by atoms with van der Waals surface area (Å²) in [6.07, 6.45) is 8.71. The van der Waals surface area contributed by atoms with E-state index in [4.69, 9.17) is 14.5 Å². The van der Waals surface area contributed by atoms with Gasteiger partial charge < -0.3 is 4.74 Å². The van der Waals surface area contributed by atoms with Gasteiger partial charge in [-0.05, 0) is 38.5 Å². The third-order valence-corrected chi connectivity index (χ3v) is 5.06. The molecule has 3 atom stereocenters. The molecule has 3 heteroatoms. The van der Waals surface area contributed by atoms with Crippen LogP contribution in [0.5, 0.6) is 0 Å². The van der Waals surface area contributed by atoms with Crippen molar-refractivity contribution in [1.82, 2.24) is 0 Å². The van der Waals surface area contributed by atoms with E-state index in [-0.39, 0.29) is 17.3 Å². The molecule has 2 saturated heterocycles. The van der Waals surface area contributed by atoms with E-state index in [1.165, 1.54) is 32.1 Å². The Labute approximate surface area is 104 Å². The van der Waals surface area contributed by atoms with E-state index >= 15 is 0 Å². The lowest BCUT2D eigenvalue weighted by molar-refractivity contribution is -0.470. The monoisotopic (exact) mass is 240 g/mol. The van der Waals surface area contributed by atoms with E-state index in [9.17, 15) is 0 Å². The number of ether oxygens (including phenoxy) is 1. The summed E-state index contributed by atoms with van der Waals surface area (Å²) in [6.45, 7) is 5.34. The minimum atomic E-state index is -0.140. The molecule has 0 amide bonds. The Kier molecular flexibility index (Phi) is 2.96. The lowest BCUT2D eigenvalue weighted by Gasteiger charge is -2.48. The van der Waals surface area contributed by atoms with Gasteiger partial charge in [0.05, 0.1) is 6.61 Å². The van der Waals surface area contributed by atoms with Crippen LogP contribution < -0.4 is 0 Å². The number of hydrogen-bond acceptors (Lipinski definition) is 3. The van der Waals surface area contributed by atoms with Gasteiger partial charge in [0, 0.05) is 5.41 Å². The van der Waals surface area contributed by atoms with Crippen molar-refractivity contribution < 1.29 is 14.5 Å². The Morgan fingerprint density at radius 2 is 1.82 bits per heavy atom. The highest BCUT2D eigenvalue weighted by Gasteiger charge is 2.54. The van der Waals surface area contributed by atoms with Crippen molar-refractivity contribution in [3.05, 3.63) is 0 Å². The van der Waals surface area contributed by atoms with E-state index < -0.39 is 0 Å². The summed E-state index contributed by atoms with van der Waals surface area (Å²) in [5, 5.41) is 0. The fourth-order valence-corrected chi connectivity index (χ4v) is 3.94. The smallest absolute Gasteiger partial charge is 0.196 e. The zero-order valence-electron chi connectivity index (χ0n) is 11.0. The molecule has 0 bridgehead atoms. The Balaban J connectivity index is 1.74. The summed E-state index contributed by atoms with van der Waals surface area (Å²) in [6, 6.07) is 0. The highest BCUT2D eigenvalue weighted by Crippen LogP contribution is 2.51. The van der Waals surface area contributed by atoms with Gasteiger partial charge in [0.15, 0.2) is 6.29 Å². The third kappa shape index (κ3) is 2.02. The predicted octanol–water partition coefficient (Wildman–Crippen LogP) is 3.43. The maximum absolute atomic E-state index is 5.76. The molecular weight excluding hydrogens is 216 g/mol. The largest absolute Gasteiger partial charge is 0.349 e. The van der Waals surface area contributed by atoms with Crippen LogP contribution in [0.15, 0.2) is 0 Å². The fourth-order valence-electron chi connectivity index (χ4n) is 3.94. The third-order valence-electron chi connectivity index (χ3n) is 5.06. The number of rotatable bonds is 1. The van der Waals surface area contributed by atoms with Gasteiger partial charge >= 0.3 is 0 Å². The quantitative estimate of drug-likeness (QED) is 0.657. The normalized spacial score (nSPS) is 48.0. The molecule has 3 fully saturated rings. The fraction of sp³-hybridized carbons (Fsp3) is 1.00. The van der Waals surface area contributed by atoms with Gasteiger partial charge in [-0.3, -0.25) is 0 Å². The Hall–Kier alpha value is -0.120. The molecule has 0 spiro atoms. The minimum Gasteiger partial charge on any atom is -0.349 e. The molecule has 0 aromatic heterocycles. The topological polar surface area (TPSA) is 27.7 Å². The van der Waals surface area contributed by atoms with Crippen LogP contribution >= 0.6 is 0 Å². The second-order valence-electron chi connectivity index (χ2n) is 6.61. The van der Waals surface area contributed by atoms with E-state index in [2.05, 4.69) is 13.8 Å². The lowest BCUT2D eigenvalue weighted by Crippen LogP contribution is -2.51. The van der Waals surface area contributed by atoms with E-state index in [1.807, 2.05) is 0 Å². The first-order chi connectivity index (χ1) is 8.12. The van der Waals surface area contributed by atoms with Gasteiger partial charge in [0.25, 0.3) is 0 Å². The average Bonchev–Trinajstić information content (AvgIpc) is 2.70. The first-order valence-corrected chi connectivity index (χ1v) is 7.09. The van der Waals surface area contributed by atoms with Crippen LogP contribution in [0.4, 0.5) is 0 Å². The van der Waals surface area contributed by atoms with Gasteiger partial charge in [-0.2, -0.15) is 0 Å². The summed E-state index contributed by atoms with van der Waals surface area (Å²) in [4.78, 5) is 11.3. The van der Waals surface area contributed by atoms with Crippen molar-refractivity contribution in [2.75, 3.05) is 6.61 Å². The molecule has 3 aliphatic rings. The molecule has 0 radical (unpaired) electrons. The highest BCUT2D eigenvalue weighted by atomic mass is 17.2. The van der Waals surface area contributed by atoms with Crippen molar-refractivity contribution in [3.63, 3.8) is 0 Å². The van der Waals surface area contributed by atoms with Crippen molar-refractivity contribution in [3.8, 4) is 0 Å². The van der Waals surface area contributed by atoms with Crippen molar-refractivity contribution in [2.24, 2.45) is 11.3 Å². The van der Waals surface area contributed by atoms with Crippen molar-refractivity contribution in [2.45, 2.75) is 70.7 Å². The maximum atomic E-state index is 5.76. The van der Waals surface area contributed by atoms with Crippen LogP contribution in [-0.2, 0) is 14.5 Å². The van der Waals surface area contributed by atoms with E-state index in [0.29, 0.717) is 5.92 Å². The molecule has 17 heavy (non-hydrogen) atoms. The minimum absolute atomic E-state index is 0.0978. The molecule has 98 valence electrons. The van der Waals surface area contributed by atoms with Crippen LogP contribution in [-0.4, -0.2) is 18.5 Å². The van der Waals surface area contributed by atoms with Crippen LogP contribution in [0.25, 0.3) is 0 Å². The van der Waals surface area contributed by atoms with Gasteiger partial charge in [-0.15, -0.1) is 0 Å². The molecule has 0 aromatic carbocycles. The van der Waals surface area contributed by atoms with E-state index in [0.717, 1.165) is 19.4 Å². The average molecular weight is 240 g/mol. The standard InChI is InChI=1S/C14H24O3/c1-13-8-9-15-12(13)16-17-14(2,10-13)11-6-4-3-5-7-11/h11-12H,3-10H2,1-2H3/t12-,13+,14-/m1/s1.